The molecule has 1 unspecified atom stereocenters. The van der Waals surface area contributed by atoms with Crippen molar-refractivity contribution >= 4 is 18.7 Å². The summed E-state index contributed by atoms with van der Waals surface area (Å²) in [6.07, 6.45) is 0. The van der Waals surface area contributed by atoms with Gasteiger partial charge in [0.2, 0.25) is 0 Å². The minimum atomic E-state index is -0.243. The van der Waals surface area contributed by atoms with E-state index in [4.69, 9.17) is 0 Å². The van der Waals surface area contributed by atoms with Gasteiger partial charge in [-0.1, -0.05) is 0 Å². The van der Waals surface area contributed by atoms with Crippen LogP contribution in [0.15, 0.2) is 0 Å². The van der Waals surface area contributed by atoms with Crippen LogP contribution in [-0.2, 0) is 0 Å². The van der Waals surface area contributed by atoms with Crippen LogP contribution >= 0.6 is 12.6 Å². The van der Waals surface area contributed by atoms with E-state index in [1.807, 2.05) is 0 Å². The van der Waals surface area contributed by atoms with E-state index in [0.717, 1.165) is 0 Å². The minimum absolute atomic E-state index is 0.236. The molecular formula is C2H5N3OS. The molecule has 3 N–H and O–H groups in total. The Hall–Kier alpha value is -0.420. The van der Waals surface area contributed by atoms with Crippen LogP contribution in [0.5, 0.6) is 0 Å². The van der Waals surface area contributed by atoms with Crippen LogP contribution in [0.25, 0.3) is 0 Å². The summed E-state index contributed by atoms with van der Waals surface area (Å²) in [5.74, 6) is 0. The average Bonchev–Trinajstić information content (AvgIpc) is 1.87. The Bertz CT molecular complexity index is 94.9. The number of hydrogen-bond donors (Lipinski definition) is 4. The highest BCUT2D eigenvalue weighted by molar-refractivity contribution is 7.80. The maximum atomic E-state index is 10.1. The van der Waals surface area contributed by atoms with Crippen molar-refractivity contribution in [1.29, 1.82) is 0 Å². The second-order valence-corrected chi connectivity index (χ2v) is 1.66. The van der Waals surface area contributed by atoms with E-state index in [1.165, 1.54) is 0 Å². The maximum absolute atomic E-state index is 10.1. The van der Waals surface area contributed by atoms with Crippen LogP contribution in [-0.4, -0.2) is 11.5 Å². The first kappa shape index (κ1) is 4.73. The van der Waals surface area contributed by atoms with Gasteiger partial charge in [0.25, 0.3) is 0 Å². The van der Waals surface area contributed by atoms with E-state index in [1.54, 1.807) is 0 Å². The number of thiol groups is 1. The first-order valence-electron chi connectivity index (χ1n) is 1.79. The highest BCUT2D eigenvalue weighted by Gasteiger charge is 2.13. The Morgan fingerprint density at radius 1 is 1.71 bits per heavy atom. The fraction of sp³-hybridized carbons (Fsp3) is 0.500. The number of urea groups is 1. The van der Waals surface area contributed by atoms with Crippen molar-refractivity contribution in [2.45, 2.75) is 5.50 Å². The summed E-state index contributed by atoms with van der Waals surface area (Å²) < 4.78 is 0. The van der Waals surface area contributed by atoms with Crippen molar-refractivity contribution in [2.75, 3.05) is 0 Å². The van der Waals surface area contributed by atoms with E-state index in [9.17, 15) is 4.79 Å². The molecule has 0 aromatic carbocycles. The van der Waals surface area contributed by atoms with Gasteiger partial charge in [0, 0.05) is 0 Å². The number of nitrogens with one attached hydrogen (secondary N) is 3. The second kappa shape index (κ2) is 1.59. The van der Waals surface area contributed by atoms with Crippen LogP contribution in [0.1, 0.15) is 0 Å². The van der Waals surface area contributed by atoms with E-state index >= 15 is 0 Å². The Morgan fingerprint density at radius 3 is 2.57 bits per heavy atom. The molecule has 1 rings (SSSR count). The Balaban J connectivity index is 2.40. The van der Waals surface area contributed by atoms with Gasteiger partial charge in [-0.05, 0) is 0 Å². The number of amides is 2. The highest BCUT2D eigenvalue weighted by atomic mass is 32.1. The Morgan fingerprint density at radius 2 is 2.43 bits per heavy atom. The number of carbonyl (C=O) groups is 1. The van der Waals surface area contributed by atoms with E-state index in [2.05, 4.69) is 28.8 Å². The van der Waals surface area contributed by atoms with Gasteiger partial charge < -0.3 is 5.32 Å². The molecule has 4 nitrogen and oxygen atoms in total. The minimum Gasteiger partial charge on any atom is -0.311 e. The van der Waals surface area contributed by atoms with Crippen LogP contribution < -0.4 is 16.2 Å². The van der Waals surface area contributed by atoms with Crippen molar-refractivity contribution < 1.29 is 4.79 Å². The van der Waals surface area contributed by atoms with Gasteiger partial charge in [0.1, 0.15) is 5.50 Å². The molecule has 0 spiro atoms. The highest BCUT2D eigenvalue weighted by Crippen LogP contribution is 1.85. The molecule has 1 saturated heterocycles. The van der Waals surface area contributed by atoms with Crippen molar-refractivity contribution in [3.63, 3.8) is 0 Å². The van der Waals surface area contributed by atoms with Crippen LogP contribution in [0, 0.1) is 0 Å². The SMILES string of the molecule is O=C1NNC(S)N1. The molecule has 5 heteroatoms. The molecule has 0 radical (unpaired) electrons. The van der Waals surface area contributed by atoms with E-state index in [-0.39, 0.29) is 11.5 Å². The zero-order chi connectivity index (χ0) is 5.28. The van der Waals surface area contributed by atoms with E-state index in [0.29, 0.717) is 0 Å². The molecule has 1 aliphatic rings. The predicted molar refractivity (Wildman–Crippen MR) is 27.6 cm³/mol. The van der Waals surface area contributed by atoms with Gasteiger partial charge in [-0.15, -0.1) is 12.6 Å². The van der Waals surface area contributed by atoms with Gasteiger partial charge in [-0.2, -0.15) is 0 Å². The molecule has 0 bridgehead atoms. The fourth-order valence-corrected chi connectivity index (χ4v) is 0.512. The molecule has 0 aromatic rings. The zero-order valence-corrected chi connectivity index (χ0v) is 4.33. The number of rotatable bonds is 0. The van der Waals surface area contributed by atoms with Crippen LogP contribution in [0.2, 0.25) is 0 Å². The Kier molecular flexibility index (Phi) is 1.07. The van der Waals surface area contributed by atoms with Gasteiger partial charge in [0.15, 0.2) is 0 Å². The molecule has 1 heterocycles. The first-order chi connectivity index (χ1) is 3.29. The van der Waals surface area contributed by atoms with Crippen molar-refractivity contribution in [2.24, 2.45) is 0 Å². The lowest BCUT2D eigenvalue weighted by molar-refractivity contribution is 0.247. The number of hydrogen-bond acceptors (Lipinski definition) is 3. The molecule has 1 fully saturated rings. The fourth-order valence-electron chi connectivity index (χ4n) is 0.330. The number of hydrazine groups is 1. The predicted octanol–water partition coefficient (Wildman–Crippen LogP) is -0.983. The molecule has 1 atom stereocenters. The largest absolute Gasteiger partial charge is 0.331 e. The third-order valence-electron chi connectivity index (χ3n) is 0.590. The molecule has 0 saturated carbocycles. The second-order valence-electron chi connectivity index (χ2n) is 1.15. The zero-order valence-electron chi connectivity index (χ0n) is 3.43. The quantitative estimate of drug-likeness (QED) is 0.310. The summed E-state index contributed by atoms with van der Waals surface area (Å²) in [6.45, 7) is 0. The monoisotopic (exact) mass is 119 g/mol. The third kappa shape index (κ3) is 0.971. The summed E-state index contributed by atoms with van der Waals surface area (Å²) in [5.41, 5.74) is 4.57. The molecule has 0 aromatic heterocycles. The topological polar surface area (TPSA) is 53.2 Å². The van der Waals surface area contributed by atoms with Crippen molar-refractivity contribution in [3.05, 3.63) is 0 Å². The lowest BCUT2D eigenvalue weighted by Gasteiger charge is -1.93. The van der Waals surface area contributed by atoms with Gasteiger partial charge >= 0.3 is 6.03 Å². The third-order valence-corrected chi connectivity index (χ3v) is 0.848. The maximum Gasteiger partial charge on any atom is 0.331 e. The molecule has 0 aliphatic carbocycles. The van der Waals surface area contributed by atoms with E-state index < -0.39 is 0 Å². The lowest BCUT2D eigenvalue weighted by atomic mass is 11.0. The smallest absolute Gasteiger partial charge is 0.311 e. The summed E-state index contributed by atoms with van der Waals surface area (Å²) in [6, 6.07) is -0.236. The summed E-state index contributed by atoms with van der Waals surface area (Å²) in [7, 11) is 0. The Labute approximate surface area is 46.0 Å². The standard InChI is InChI=1S/C2H5N3OS/c6-1-3-2(7)5-4-1/h2,5,7H,(H2,3,4,6). The first-order valence-corrected chi connectivity index (χ1v) is 2.31. The van der Waals surface area contributed by atoms with Gasteiger partial charge in [-0.3, -0.25) is 5.43 Å². The molecule has 40 valence electrons. The van der Waals surface area contributed by atoms with Gasteiger partial charge in [-0.25, -0.2) is 10.2 Å². The lowest BCUT2D eigenvalue weighted by Crippen LogP contribution is -2.28. The van der Waals surface area contributed by atoms with Crippen molar-refractivity contribution in [3.8, 4) is 0 Å². The molecular weight excluding hydrogens is 114 g/mol. The van der Waals surface area contributed by atoms with Gasteiger partial charge in [0.05, 0.1) is 0 Å². The number of carbonyl (C=O) groups excluding carboxylic acids is 1. The van der Waals surface area contributed by atoms with Crippen LogP contribution in [0.3, 0.4) is 0 Å². The summed E-state index contributed by atoms with van der Waals surface area (Å²) >= 11 is 3.85. The normalized spacial score (nSPS) is 29.3. The average molecular weight is 119 g/mol. The molecule has 7 heavy (non-hydrogen) atoms. The summed E-state index contributed by atoms with van der Waals surface area (Å²) in [4.78, 5) is 10.1. The molecule has 2 amide bonds. The van der Waals surface area contributed by atoms with Crippen molar-refractivity contribution in [1.82, 2.24) is 16.2 Å². The summed E-state index contributed by atoms with van der Waals surface area (Å²) in [5, 5.41) is 2.42. The molecule has 1 aliphatic heterocycles. The van der Waals surface area contributed by atoms with Crippen LogP contribution in [0.4, 0.5) is 4.79 Å².